The number of ketones is 2. The lowest BCUT2D eigenvalue weighted by atomic mass is 10.1. The first-order valence-electron chi connectivity index (χ1n) is 6.59. The maximum absolute atomic E-state index is 12.3. The van der Waals surface area contributed by atoms with Crippen LogP contribution in [0.25, 0.3) is 0 Å². The quantitative estimate of drug-likeness (QED) is 0.482. The summed E-state index contributed by atoms with van der Waals surface area (Å²) in [6, 6.07) is 4.65. The molecule has 0 radical (unpaired) electrons. The summed E-state index contributed by atoms with van der Waals surface area (Å²) in [6.07, 6.45) is 1.73. The van der Waals surface area contributed by atoms with Crippen LogP contribution in [0.15, 0.2) is 18.2 Å². The molecule has 0 saturated carbocycles. The lowest BCUT2D eigenvalue weighted by Gasteiger charge is -2.08. The molecule has 0 amide bonds. The molecule has 2 rings (SSSR count). The summed E-state index contributed by atoms with van der Waals surface area (Å²) < 4.78 is 10.1. The third kappa shape index (κ3) is 2.79. The Morgan fingerprint density at radius 3 is 2.71 bits per heavy atom. The van der Waals surface area contributed by atoms with Gasteiger partial charge < -0.3 is 9.47 Å². The fourth-order valence-corrected chi connectivity index (χ4v) is 2.07. The first-order valence-corrected chi connectivity index (χ1v) is 6.59. The Morgan fingerprint density at radius 2 is 2.05 bits per heavy atom. The minimum absolute atomic E-state index is 0.125. The summed E-state index contributed by atoms with van der Waals surface area (Å²) in [7, 11) is 0. The van der Waals surface area contributed by atoms with Crippen LogP contribution in [0.3, 0.4) is 0 Å². The average Bonchev–Trinajstić information content (AvgIpc) is 2.71. The zero-order valence-electron chi connectivity index (χ0n) is 11.8. The van der Waals surface area contributed by atoms with E-state index in [1.807, 2.05) is 6.92 Å². The van der Waals surface area contributed by atoms with Gasteiger partial charge in [-0.15, -0.1) is 0 Å². The number of benzene rings is 1. The van der Waals surface area contributed by atoms with Crippen LogP contribution in [0.1, 0.15) is 47.4 Å². The van der Waals surface area contributed by atoms with E-state index in [1.165, 1.54) is 6.07 Å². The van der Waals surface area contributed by atoms with E-state index in [9.17, 15) is 14.4 Å². The highest BCUT2D eigenvalue weighted by Gasteiger charge is 2.43. The Hall–Kier alpha value is -2.61. The van der Waals surface area contributed by atoms with E-state index in [0.717, 1.165) is 0 Å². The van der Waals surface area contributed by atoms with E-state index in [0.29, 0.717) is 6.42 Å². The second-order valence-electron chi connectivity index (χ2n) is 4.48. The number of fused-ring (bicyclic) bond motifs is 1. The molecule has 1 aliphatic carbocycles. The van der Waals surface area contributed by atoms with Gasteiger partial charge in [0, 0.05) is 18.9 Å². The second kappa shape index (κ2) is 6.23. The monoisotopic (exact) mass is 286 g/mol. The van der Waals surface area contributed by atoms with Crippen molar-refractivity contribution in [3.05, 3.63) is 29.3 Å². The van der Waals surface area contributed by atoms with Crippen LogP contribution >= 0.6 is 0 Å². The van der Waals surface area contributed by atoms with Crippen molar-refractivity contribution < 1.29 is 23.9 Å². The van der Waals surface area contributed by atoms with E-state index >= 15 is 0 Å². The molecular weight excluding hydrogens is 272 g/mol. The standard InChI is InChI=1S/C16H14O5/c1-3-6-12(17)21-16-14(18)10-7-5-8-11(20-9-4-2)13(10)15(16)19/h5,7-8,16H,3,6H2,1-2H3. The van der Waals surface area contributed by atoms with Crippen molar-refractivity contribution in [2.75, 3.05) is 0 Å². The first kappa shape index (κ1) is 14.8. The number of hydrogen-bond donors (Lipinski definition) is 0. The zero-order chi connectivity index (χ0) is 15.4. The van der Waals surface area contributed by atoms with E-state index in [-0.39, 0.29) is 23.3 Å². The summed E-state index contributed by atoms with van der Waals surface area (Å²) in [5.41, 5.74) is 0.323. The molecule has 1 aromatic carbocycles. The van der Waals surface area contributed by atoms with Gasteiger partial charge in [0.15, 0.2) is 5.75 Å². The SMILES string of the molecule is CC#COc1cccc2c1C(=O)C(OC(=O)CCC)C2=O. The smallest absolute Gasteiger partial charge is 0.306 e. The van der Waals surface area contributed by atoms with Gasteiger partial charge in [-0.1, -0.05) is 25.0 Å². The molecule has 1 unspecified atom stereocenters. The van der Waals surface area contributed by atoms with E-state index in [1.54, 1.807) is 19.1 Å². The van der Waals surface area contributed by atoms with Crippen LogP contribution < -0.4 is 4.74 Å². The molecule has 0 bridgehead atoms. The van der Waals surface area contributed by atoms with Crippen molar-refractivity contribution in [1.29, 1.82) is 0 Å². The number of rotatable bonds is 4. The highest BCUT2D eigenvalue weighted by atomic mass is 16.6. The van der Waals surface area contributed by atoms with Crippen molar-refractivity contribution in [2.45, 2.75) is 32.8 Å². The molecule has 0 N–H and O–H groups in total. The fourth-order valence-electron chi connectivity index (χ4n) is 2.07. The molecular formula is C16H14O5. The molecule has 0 saturated heterocycles. The van der Waals surface area contributed by atoms with Crippen molar-refractivity contribution >= 4 is 17.5 Å². The predicted molar refractivity (Wildman–Crippen MR) is 74.0 cm³/mol. The van der Waals surface area contributed by atoms with Crippen molar-refractivity contribution in [1.82, 2.24) is 0 Å². The van der Waals surface area contributed by atoms with Gasteiger partial charge in [0.25, 0.3) is 0 Å². The molecule has 0 fully saturated rings. The lowest BCUT2D eigenvalue weighted by molar-refractivity contribution is -0.145. The van der Waals surface area contributed by atoms with Crippen LogP contribution in [0.5, 0.6) is 5.75 Å². The molecule has 1 atom stereocenters. The summed E-state index contributed by atoms with van der Waals surface area (Å²) >= 11 is 0. The lowest BCUT2D eigenvalue weighted by Crippen LogP contribution is -2.28. The van der Waals surface area contributed by atoms with Gasteiger partial charge in [0.1, 0.15) is 6.11 Å². The first-order chi connectivity index (χ1) is 10.1. The van der Waals surface area contributed by atoms with Gasteiger partial charge >= 0.3 is 5.97 Å². The number of esters is 1. The molecule has 5 nitrogen and oxygen atoms in total. The third-order valence-electron chi connectivity index (χ3n) is 2.98. The normalized spacial score (nSPS) is 16.0. The summed E-state index contributed by atoms with van der Waals surface area (Å²) in [4.78, 5) is 36.0. The van der Waals surface area contributed by atoms with Crippen LogP contribution in [0, 0.1) is 12.0 Å². The number of carbonyl (C=O) groups excluding carboxylic acids is 3. The van der Waals surface area contributed by atoms with Gasteiger partial charge in [-0.2, -0.15) is 0 Å². The summed E-state index contributed by atoms with van der Waals surface area (Å²) in [5.74, 6) is 1.10. The number of carbonyl (C=O) groups is 3. The Labute approximate surface area is 122 Å². The van der Waals surface area contributed by atoms with Gasteiger partial charge in [-0.25, -0.2) is 0 Å². The molecule has 5 heteroatoms. The highest BCUT2D eigenvalue weighted by molar-refractivity contribution is 6.30. The van der Waals surface area contributed by atoms with E-state index in [4.69, 9.17) is 9.47 Å². The van der Waals surface area contributed by atoms with Crippen LogP contribution in [0.2, 0.25) is 0 Å². The molecule has 0 spiro atoms. The minimum atomic E-state index is -1.40. The van der Waals surface area contributed by atoms with Gasteiger partial charge in [-0.05, 0) is 12.5 Å². The predicted octanol–water partition coefficient (Wildman–Crippen LogP) is 2.14. The minimum Gasteiger partial charge on any atom is -0.445 e. The molecule has 108 valence electrons. The maximum Gasteiger partial charge on any atom is 0.306 e. The second-order valence-corrected chi connectivity index (χ2v) is 4.48. The Bertz CT molecular complexity index is 663. The van der Waals surface area contributed by atoms with Crippen molar-refractivity contribution in [3.63, 3.8) is 0 Å². The fraction of sp³-hybridized carbons (Fsp3) is 0.312. The third-order valence-corrected chi connectivity index (χ3v) is 2.98. The molecule has 21 heavy (non-hydrogen) atoms. The summed E-state index contributed by atoms with van der Waals surface area (Å²) in [5, 5.41) is 0. The maximum atomic E-state index is 12.3. The van der Waals surface area contributed by atoms with Gasteiger partial charge in [-0.3, -0.25) is 14.4 Å². The zero-order valence-corrected chi connectivity index (χ0v) is 11.8. The topological polar surface area (TPSA) is 69.7 Å². The summed E-state index contributed by atoms with van der Waals surface area (Å²) in [6.45, 7) is 3.40. The van der Waals surface area contributed by atoms with Crippen LogP contribution in [-0.4, -0.2) is 23.6 Å². The van der Waals surface area contributed by atoms with Crippen LogP contribution in [-0.2, 0) is 9.53 Å². The molecule has 1 aliphatic rings. The van der Waals surface area contributed by atoms with E-state index < -0.39 is 23.6 Å². The van der Waals surface area contributed by atoms with Gasteiger partial charge in [0.05, 0.1) is 5.56 Å². The Morgan fingerprint density at radius 1 is 1.29 bits per heavy atom. The molecule has 1 aromatic rings. The van der Waals surface area contributed by atoms with Gasteiger partial charge in [0.2, 0.25) is 17.7 Å². The van der Waals surface area contributed by atoms with Crippen molar-refractivity contribution in [2.24, 2.45) is 0 Å². The van der Waals surface area contributed by atoms with Crippen LogP contribution in [0.4, 0.5) is 0 Å². The largest absolute Gasteiger partial charge is 0.445 e. The molecule has 0 aromatic heterocycles. The van der Waals surface area contributed by atoms with Crippen molar-refractivity contribution in [3.8, 4) is 17.8 Å². The van der Waals surface area contributed by atoms with E-state index in [2.05, 4.69) is 12.0 Å². The number of hydrogen-bond acceptors (Lipinski definition) is 5. The Kier molecular flexibility index (Phi) is 4.39. The highest BCUT2D eigenvalue weighted by Crippen LogP contribution is 2.32. The molecule has 0 heterocycles. The molecule has 0 aliphatic heterocycles. The number of ether oxygens (including phenoxy) is 2. The average molecular weight is 286 g/mol. The Balaban J connectivity index is 2.32. The number of Topliss-reactive ketones (excluding diaryl/α,β-unsaturated/α-hetero) is 2.